The average Bonchev–Trinajstić information content (AvgIpc) is 2.71. The van der Waals surface area contributed by atoms with Gasteiger partial charge in [-0.25, -0.2) is 0 Å². The van der Waals surface area contributed by atoms with E-state index < -0.39 is 11.4 Å². The zero-order valence-electron chi connectivity index (χ0n) is 8.40. The Morgan fingerprint density at radius 3 is 2.73 bits per heavy atom. The molecule has 2 atom stereocenters. The summed E-state index contributed by atoms with van der Waals surface area (Å²) < 4.78 is 10.3. The molecule has 0 saturated carbocycles. The fourth-order valence-corrected chi connectivity index (χ4v) is 2.33. The molecule has 5 heteroatoms. The largest absolute Gasteiger partial charge is 0.480 e. The van der Waals surface area contributed by atoms with Gasteiger partial charge in [0.1, 0.15) is 0 Å². The molecule has 0 aromatic heterocycles. The van der Waals surface area contributed by atoms with E-state index in [1.165, 1.54) is 0 Å². The van der Waals surface area contributed by atoms with E-state index in [1.54, 1.807) is 0 Å². The van der Waals surface area contributed by atoms with Gasteiger partial charge in [-0.3, -0.25) is 9.59 Å². The van der Waals surface area contributed by atoms with Crippen LogP contribution in [0.15, 0.2) is 0 Å². The topological polar surface area (TPSA) is 72.8 Å². The molecule has 2 rings (SSSR count). The minimum Gasteiger partial charge on any atom is -0.480 e. The van der Waals surface area contributed by atoms with E-state index in [1.807, 2.05) is 0 Å². The molecule has 0 amide bonds. The number of rotatable bonds is 2. The van der Waals surface area contributed by atoms with Gasteiger partial charge in [0.15, 0.2) is 11.2 Å². The molecule has 1 N–H and O–H groups in total. The van der Waals surface area contributed by atoms with E-state index >= 15 is 0 Å². The fraction of sp³-hybridized carbons (Fsp3) is 0.800. The first-order valence-electron chi connectivity index (χ1n) is 5.10. The van der Waals surface area contributed by atoms with Crippen molar-refractivity contribution >= 4 is 11.8 Å². The van der Waals surface area contributed by atoms with Crippen LogP contribution in [0.1, 0.15) is 12.8 Å². The van der Waals surface area contributed by atoms with Crippen molar-refractivity contribution in [2.75, 3.05) is 26.4 Å². The van der Waals surface area contributed by atoms with Crippen molar-refractivity contribution < 1.29 is 24.2 Å². The predicted octanol–water partition coefficient (Wildman–Crippen LogP) is 0.0833. The zero-order chi connectivity index (χ0) is 10.9. The Balaban J connectivity index is 2.29. The molecule has 2 fully saturated rings. The summed E-state index contributed by atoms with van der Waals surface area (Å²) in [6.45, 7) is 1.21. The van der Waals surface area contributed by atoms with E-state index in [0.717, 1.165) is 0 Å². The van der Waals surface area contributed by atoms with Gasteiger partial charge in [0.2, 0.25) is 0 Å². The van der Waals surface area contributed by atoms with Gasteiger partial charge in [-0.15, -0.1) is 0 Å². The summed E-state index contributed by atoms with van der Waals surface area (Å²) in [5.41, 5.74) is -1.35. The van der Waals surface area contributed by atoms with Gasteiger partial charge in [0.25, 0.3) is 0 Å². The van der Waals surface area contributed by atoms with Gasteiger partial charge in [-0.1, -0.05) is 0 Å². The number of carboxylic acid groups (broad SMARTS) is 1. The molecule has 5 nitrogen and oxygen atoms in total. The number of Topliss-reactive ketones (excluding diaryl/α,β-unsaturated/α-hetero) is 1. The third kappa shape index (κ3) is 1.55. The Hall–Kier alpha value is -0.940. The molecule has 0 radical (unpaired) electrons. The summed E-state index contributed by atoms with van der Waals surface area (Å²) in [6, 6.07) is 0. The third-order valence-corrected chi connectivity index (χ3v) is 3.31. The molecule has 0 bridgehead atoms. The number of carbonyl (C=O) groups excluding carboxylic acids is 1. The molecule has 15 heavy (non-hydrogen) atoms. The number of hydrogen-bond acceptors (Lipinski definition) is 4. The van der Waals surface area contributed by atoms with Crippen LogP contribution in [-0.4, -0.2) is 43.3 Å². The molecular weight excluding hydrogens is 200 g/mol. The first-order valence-corrected chi connectivity index (χ1v) is 5.10. The lowest BCUT2D eigenvalue weighted by atomic mass is 9.70. The number of carboxylic acids is 1. The molecule has 0 aliphatic carbocycles. The Labute approximate surface area is 87.4 Å². The van der Waals surface area contributed by atoms with Gasteiger partial charge in [0, 0.05) is 18.9 Å². The Bertz CT molecular complexity index is 282. The predicted molar refractivity (Wildman–Crippen MR) is 49.4 cm³/mol. The zero-order valence-corrected chi connectivity index (χ0v) is 8.40. The molecule has 2 aliphatic rings. The van der Waals surface area contributed by atoms with Crippen LogP contribution in [0.3, 0.4) is 0 Å². The maximum atomic E-state index is 11.8. The molecule has 2 unspecified atom stereocenters. The van der Waals surface area contributed by atoms with Crippen LogP contribution in [0.25, 0.3) is 0 Å². The monoisotopic (exact) mass is 214 g/mol. The number of hydrogen-bond donors (Lipinski definition) is 1. The highest BCUT2D eigenvalue weighted by Crippen LogP contribution is 2.38. The normalized spacial score (nSPS) is 36.8. The highest BCUT2D eigenvalue weighted by molar-refractivity contribution is 6.04. The second-order valence-corrected chi connectivity index (χ2v) is 4.06. The van der Waals surface area contributed by atoms with Crippen LogP contribution in [-0.2, 0) is 19.1 Å². The van der Waals surface area contributed by atoms with E-state index in [4.69, 9.17) is 9.47 Å². The first-order chi connectivity index (χ1) is 7.18. The van der Waals surface area contributed by atoms with Crippen LogP contribution >= 0.6 is 0 Å². The summed E-state index contributed by atoms with van der Waals surface area (Å²) >= 11 is 0. The molecule has 2 saturated heterocycles. The standard InChI is InChI=1S/C10H14O5/c11-8-2-4-15-6-10(8,9(12)13)7-1-3-14-5-7/h7H,1-6H2,(H,12,13). The van der Waals surface area contributed by atoms with Crippen molar-refractivity contribution in [1.82, 2.24) is 0 Å². The van der Waals surface area contributed by atoms with Gasteiger partial charge >= 0.3 is 5.97 Å². The minimum absolute atomic E-state index is 0.00477. The summed E-state index contributed by atoms with van der Waals surface area (Å²) in [6.07, 6.45) is 0.824. The summed E-state index contributed by atoms with van der Waals surface area (Å²) in [5.74, 6) is -1.51. The highest BCUT2D eigenvalue weighted by atomic mass is 16.5. The van der Waals surface area contributed by atoms with Crippen molar-refractivity contribution in [1.29, 1.82) is 0 Å². The van der Waals surface area contributed by atoms with Crippen LogP contribution in [0.4, 0.5) is 0 Å². The van der Waals surface area contributed by atoms with Crippen LogP contribution in [0.5, 0.6) is 0 Å². The fourth-order valence-electron chi connectivity index (χ4n) is 2.33. The van der Waals surface area contributed by atoms with Crippen molar-refractivity contribution in [3.8, 4) is 0 Å². The first kappa shape index (κ1) is 10.6. The average molecular weight is 214 g/mol. The van der Waals surface area contributed by atoms with Crippen molar-refractivity contribution in [3.05, 3.63) is 0 Å². The minimum atomic E-state index is -1.35. The summed E-state index contributed by atoms with van der Waals surface area (Å²) in [4.78, 5) is 23.1. The molecule has 2 heterocycles. The summed E-state index contributed by atoms with van der Waals surface area (Å²) in [5, 5.41) is 9.26. The lowest BCUT2D eigenvalue weighted by Crippen LogP contribution is -2.52. The molecule has 84 valence electrons. The highest BCUT2D eigenvalue weighted by Gasteiger charge is 2.54. The van der Waals surface area contributed by atoms with Crippen LogP contribution in [0.2, 0.25) is 0 Å². The van der Waals surface area contributed by atoms with E-state index in [2.05, 4.69) is 0 Å². The smallest absolute Gasteiger partial charge is 0.319 e. The quantitative estimate of drug-likeness (QED) is 0.659. The maximum Gasteiger partial charge on any atom is 0.319 e. The second kappa shape index (κ2) is 3.90. The second-order valence-electron chi connectivity index (χ2n) is 4.06. The SMILES string of the molecule is O=C(O)C1(C2CCOC2)COCCC1=O. The molecule has 0 spiro atoms. The van der Waals surface area contributed by atoms with Crippen LogP contribution < -0.4 is 0 Å². The van der Waals surface area contributed by atoms with E-state index in [0.29, 0.717) is 26.2 Å². The van der Waals surface area contributed by atoms with Crippen molar-refractivity contribution in [3.63, 3.8) is 0 Å². The number of ketones is 1. The number of ether oxygens (including phenoxy) is 2. The van der Waals surface area contributed by atoms with E-state index in [9.17, 15) is 14.7 Å². The van der Waals surface area contributed by atoms with Gasteiger partial charge in [-0.05, 0) is 6.42 Å². The van der Waals surface area contributed by atoms with Crippen molar-refractivity contribution in [2.45, 2.75) is 12.8 Å². The molecular formula is C10H14O5. The van der Waals surface area contributed by atoms with E-state index in [-0.39, 0.29) is 24.7 Å². The number of carbonyl (C=O) groups is 2. The lowest BCUT2D eigenvalue weighted by Gasteiger charge is -2.35. The number of aliphatic carboxylic acids is 1. The Kier molecular flexibility index (Phi) is 2.75. The third-order valence-electron chi connectivity index (χ3n) is 3.31. The molecule has 2 aliphatic heterocycles. The van der Waals surface area contributed by atoms with Gasteiger partial charge < -0.3 is 14.6 Å². The Morgan fingerprint density at radius 2 is 2.20 bits per heavy atom. The maximum absolute atomic E-state index is 11.8. The Morgan fingerprint density at radius 1 is 1.40 bits per heavy atom. The van der Waals surface area contributed by atoms with Crippen LogP contribution in [0, 0.1) is 11.3 Å². The van der Waals surface area contributed by atoms with Crippen molar-refractivity contribution in [2.24, 2.45) is 11.3 Å². The molecule has 0 aromatic rings. The van der Waals surface area contributed by atoms with Gasteiger partial charge in [-0.2, -0.15) is 0 Å². The molecule has 0 aromatic carbocycles. The summed E-state index contributed by atoms with van der Waals surface area (Å²) in [7, 11) is 0. The van der Waals surface area contributed by atoms with Gasteiger partial charge in [0.05, 0.1) is 19.8 Å². The lowest BCUT2D eigenvalue weighted by molar-refractivity contribution is -0.170.